The molecular weight excluding hydrogens is 281 g/mol. The molecule has 0 bridgehead atoms. The van der Waals surface area contributed by atoms with Crippen LogP contribution in [-0.2, 0) is 0 Å². The van der Waals surface area contributed by atoms with E-state index in [9.17, 15) is 28.1 Å². The highest BCUT2D eigenvalue weighted by atomic mass is 19.4. The third kappa shape index (κ3) is 2.38. The summed E-state index contributed by atoms with van der Waals surface area (Å²) in [5, 5.41) is 21.7. The number of benzene rings is 1. The zero-order valence-electron chi connectivity index (χ0n) is 9.90. The summed E-state index contributed by atoms with van der Waals surface area (Å²) in [4.78, 5) is 20.8. The lowest BCUT2D eigenvalue weighted by atomic mass is 10.1. The minimum Gasteiger partial charge on any atom is -0.478 e. The number of carboxylic acid groups (broad SMARTS) is 1. The van der Waals surface area contributed by atoms with Gasteiger partial charge in [-0.05, 0) is 18.9 Å². The van der Waals surface area contributed by atoms with Crippen LogP contribution in [0.4, 0.5) is 24.5 Å². The third-order valence-corrected chi connectivity index (χ3v) is 3.11. The van der Waals surface area contributed by atoms with Gasteiger partial charge in [-0.15, -0.1) is 0 Å². The number of rotatable bonds is 4. The second-order valence-electron chi connectivity index (χ2n) is 4.50. The second kappa shape index (κ2) is 4.36. The van der Waals surface area contributed by atoms with Gasteiger partial charge in [0.15, 0.2) is 0 Å². The average Bonchev–Trinajstić information content (AvgIpc) is 3.09. The van der Waals surface area contributed by atoms with Crippen molar-refractivity contribution in [3.05, 3.63) is 33.9 Å². The van der Waals surface area contributed by atoms with Crippen molar-refractivity contribution >= 4 is 17.3 Å². The van der Waals surface area contributed by atoms with E-state index in [1.165, 1.54) is 0 Å². The number of aromatic carboxylic acids is 1. The maximum absolute atomic E-state index is 12.8. The molecule has 1 aliphatic carbocycles. The van der Waals surface area contributed by atoms with E-state index in [4.69, 9.17) is 5.11 Å². The third-order valence-electron chi connectivity index (χ3n) is 3.11. The first-order valence-corrected chi connectivity index (χ1v) is 5.53. The lowest BCUT2D eigenvalue weighted by molar-refractivity contribution is -0.384. The summed E-state index contributed by atoms with van der Waals surface area (Å²) in [6.07, 6.45) is -4.83. The van der Waals surface area contributed by atoms with Crippen LogP contribution in [0.1, 0.15) is 23.2 Å². The zero-order chi connectivity index (χ0) is 15.1. The van der Waals surface area contributed by atoms with Gasteiger partial charge in [-0.25, -0.2) is 4.79 Å². The molecule has 1 fully saturated rings. The summed E-state index contributed by atoms with van der Waals surface area (Å²) in [6.45, 7) is 0. The maximum Gasteiger partial charge on any atom is 0.411 e. The van der Waals surface area contributed by atoms with E-state index >= 15 is 0 Å². The Balaban J connectivity index is 2.38. The maximum atomic E-state index is 12.8. The Kier molecular flexibility index (Phi) is 3.07. The highest BCUT2D eigenvalue weighted by Gasteiger charge is 2.63. The van der Waals surface area contributed by atoms with E-state index in [0.717, 1.165) is 18.2 Å². The molecule has 2 rings (SSSR count). The molecule has 1 aromatic carbocycles. The van der Waals surface area contributed by atoms with Crippen LogP contribution in [0, 0.1) is 10.1 Å². The van der Waals surface area contributed by atoms with Crippen LogP contribution < -0.4 is 5.32 Å². The number of anilines is 1. The SMILES string of the molecule is O=C(O)c1cc([N+](=O)[O-])ccc1NC1(C(F)(F)F)CC1. The molecule has 0 saturated heterocycles. The van der Waals surface area contributed by atoms with Crippen molar-refractivity contribution < 1.29 is 28.0 Å². The number of nitro benzene ring substituents is 1. The number of nitrogens with zero attached hydrogens (tertiary/aromatic N) is 1. The van der Waals surface area contributed by atoms with Crippen molar-refractivity contribution in [2.45, 2.75) is 24.6 Å². The molecular formula is C11H9F3N2O4. The highest BCUT2D eigenvalue weighted by molar-refractivity contribution is 5.95. The average molecular weight is 290 g/mol. The summed E-state index contributed by atoms with van der Waals surface area (Å²) in [6, 6.07) is 2.67. The van der Waals surface area contributed by atoms with Crippen molar-refractivity contribution in [1.82, 2.24) is 0 Å². The number of alkyl halides is 3. The summed E-state index contributed by atoms with van der Waals surface area (Å²) in [5.74, 6) is -1.53. The number of halogens is 3. The van der Waals surface area contributed by atoms with Crippen LogP contribution in [0.3, 0.4) is 0 Å². The van der Waals surface area contributed by atoms with Crippen molar-refractivity contribution in [3.63, 3.8) is 0 Å². The van der Waals surface area contributed by atoms with Crippen molar-refractivity contribution in [1.29, 1.82) is 0 Å². The quantitative estimate of drug-likeness (QED) is 0.657. The van der Waals surface area contributed by atoms with Gasteiger partial charge in [-0.2, -0.15) is 13.2 Å². The van der Waals surface area contributed by atoms with E-state index < -0.39 is 33.9 Å². The summed E-state index contributed by atoms with van der Waals surface area (Å²) in [7, 11) is 0. The van der Waals surface area contributed by atoms with Crippen LogP contribution in [-0.4, -0.2) is 27.7 Å². The first-order chi connectivity index (χ1) is 9.16. The molecule has 0 amide bonds. The molecule has 2 N–H and O–H groups in total. The Labute approximate surface area is 110 Å². The van der Waals surface area contributed by atoms with E-state index in [-0.39, 0.29) is 18.5 Å². The number of hydrogen-bond donors (Lipinski definition) is 2. The van der Waals surface area contributed by atoms with Gasteiger partial charge < -0.3 is 10.4 Å². The molecule has 9 heteroatoms. The molecule has 0 aromatic heterocycles. The molecule has 1 aromatic rings. The van der Waals surface area contributed by atoms with Crippen molar-refractivity contribution in [2.24, 2.45) is 0 Å². The summed E-state index contributed by atoms with van der Waals surface area (Å²) < 4.78 is 38.4. The highest BCUT2D eigenvalue weighted by Crippen LogP contribution is 2.51. The largest absolute Gasteiger partial charge is 0.478 e. The fourth-order valence-corrected chi connectivity index (χ4v) is 1.79. The zero-order valence-corrected chi connectivity index (χ0v) is 9.90. The molecule has 0 spiro atoms. The molecule has 0 aliphatic heterocycles. The molecule has 1 saturated carbocycles. The smallest absolute Gasteiger partial charge is 0.411 e. The number of carboxylic acids is 1. The molecule has 0 unspecified atom stereocenters. The Morgan fingerprint density at radius 3 is 2.40 bits per heavy atom. The summed E-state index contributed by atoms with van der Waals surface area (Å²) >= 11 is 0. The molecule has 0 radical (unpaired) electrons. The summed E-state index contributed by atoms with van der Waals surface area (Å²) in [5.41, 5.74) is -3.47. The van der Waals surface area contributed by atoms with Gasteiger partial charge in [0.2, 0.25) is 0 Å². The first-order valence-electron chi connectivity index (χ1n) is 5.53. The van der Waals surface area contributed by atoms with Gasteiger partial charge in [0, 0.05) is 17.8 Å². The fourth-order valence-electron chi connectivity index (χ4n) is 1.79. The Bertz CT molecular complexity index is 582. The topological polar surface area (TPSA) is 92.5 Å². The van der Waals surface area contributed by atoms with Crippen LogP contribution in [0.2, 0.25) is 0 Å². The molecule has 20 heavy (non-hydrogen) atoms. The van der Waals surface area contributed by atoms with Gasteiger partial charge >= 0.3 is 12.1 Å². The van der Waals surface area contributed by atoms with Gasteiger partial charge in [0.25, 0.3) is 5.69 Å². The number of hydrogen-bond acceptors (Lipinski definition) is 4. The van der Waals surface area contributed by atoms with Crippen LogP contribution in [0.5, 0.6) is 0 Å². The molecule has 108 valence electrons. The normalized spacial score (nSPS) is 16.6. The van der Waals surface area contributed by atoms with Crippen molar-refractivity contribution in [2.75, 3.05) is 5.32 Å². The standard InChI is InChI=1S/C11H9F3N2O4/c12-11(13,14)10(3-4-10)15-8-2-1-6(16(19)20)5-7(8)9(17)18/h1-2,5,15H,3-4H2,(H,17,18). The molecule has 0 heterocycles. The van der Waals surface area contributed by atoms with Crippen LogP contribution >= 0.6 is 0 Å². The van der Waals surface area contributed by atoms with Gasteiger partial charge in [-0.3, -0.25) is 10.1 Å². The fraction of sp³-hybridized carbons (Fsp3) is 0.364. The predicted molar refractivity (Wildman–Crippen MR) is 61.7 cm³/mol. The number of nitro groups is 1. The monoisotopic (exact) mass is 290 g/mol. The Morgan fingerprint density at radius 1 is 1.40 bits per heavy atom. The number of nitrogens with one attached hydrogen (secondary N) is 1. The van der Waals surface area contributed by atoms with E-state index in [2.05, 4.69) is 5.32 Å². The minimum absolute atomic E-state index is 0.160. The Hall–Kier alpha value is -2.32. The van der Waals surface area contributed by atoms with Crippen LogP contribution in [0.15, 0.2) is 18.2 Å². The molecule has 0 atom stereocenters. The predicted octanol–water partition coefficient (Wildman–Crippen LogP) is 2.80. The van der Waals surface area contributed by atoms with Gasteiger partial charge in [0.1, 0.15) is 5.54 Å². The van der Waals surface area contributed by atoms with Gasteiger partial charge in [-0.1, -0.05) is 0 Å². The molecule has 1 aliphatic rings. The van der Waals surface area contributed by atoms with Gasteiger partial charge in [0.05, 0.1) is 10.5 Å². The van der Waals surface area contributed by atoms with E-state index in [0.29, 0.717) is 0 Å². The second-order valence-corrected chi connectivity index (χ2v) is 4.50. The molecule has 6 nitrogen and oxygen atoms in total. The number of non-ortho nitro benzene ring substituents is 1. The lowest BCUT2D eigenvalue weighted by Gasteiger charge is -2.22. The lowest BCUT2D eigenvalue weighted by Crippen LogP contribution is -2.39. The number of carbonyl (C=O) groups is 1. The van der Waals surface area contributed by atoms with E-state index in [1.54, 1.807) is 0 Å². The minimum atomic E-state index is -4.51. The Morgan fingerprint density at radius 2 is 2.00 bits per heavy atom. The first kappa shape index (κ1) is 14.1. The van der Waals surface area contributed by atoms with E-state index in [1.807, 2.05) is 0 Å². The van der Waals surface area contributed by atoms with Crippen molar-refractivity contribution in [3.8, 4) is 0 Å². The van der Waals surface area contributed by atoms with Crippen LogP contribution in [0.25, 0.3) is 0 Å².